The summed E-state index contributed by atoms with van der Waals surface area (Å²) in [5.41, 5.74) is 27.2. The van der Waals surface area contributed by atoms with E-state index in [1.807, 2.05) is 0 Å². The number of fused-ring (bicyclic) bond motifs is 18. The molecule has 0 bridgehead atoms. The van der Waals surface area contributed by atoms with Gasteiger partial charge in [-0.3, -0.25) is 4.90 Å². The monoisotopic (exact) mass is 1060 g/mol. The van der Waals surface area contributed by atoms with Crippen molar-refractivity contribution in [3.63, 3.8) is 0 Å². The van der Waals surface area contributed by atoms with Crippen molar-refractivity contribution in [3.8, 4) is 34.5 Å². The lowest BCUT2D eigenvalue weighted by Gasteiger charge is -2.50. The van der Waals surface area contributed by atoms with Crippen LogP contribution in [0.15, 0.2) is 255 Å². The highest BCUT2D eigenvalue weighted by molar-refractivity contribution is 7.05. The topological polar surface area (TPSA) is 43.9 Å². The van der Waals surface area contributed by atoms with E-state index in [0.29, 0.717) is 0 Å². The van der Waals surface area contributed by atoms with E-state index in [0.717, 1.165) is 120 Å². The molecular formula is C72H42B3N5O3. The van der Waals surface area contributed by atoms with E-state index >= 15 is 0 Å². The molecule has 8 heterocycles. The molecule has 0 fully saturated rings. The maximum absolute atomic E-state index is 7.73. The molecule has 382 valence electrons. The molecule has 12 aromatic rings. The molecule has 12 aromatic carbocycles. The summed E-state index contributed by atoms with van der Waals surface area (Å²) in [5.74, 6) is 5.10. The van der Waals surface area contributed by atoms with Crippen LogP contribution in [-0.2, 0) is 0 Å². The van der Waals surface area contributed by atoms with Gasteiger partial charge in [-0.25, -0.2) is 0 Å². The van der Waals surface area contributed by atoms with Crippen LogP contribution >= 0.6 is 0 Å². The molecule has 20 rings (SSSR count). The summed E-state index contributed by atoms with van der Waals surface area (Å²) in [6.45, 7) is -0.425. The smallest absolute Gasteiger partial charge is 0.256 e. The maximum atomic E-state index is 7.73. The van der Waals surface area contributed by atoms with E-state index in [1.165, 1.54) is 49.4 Å². The molecule has 0 saturated carbocycles. The predicted molar refractivity (Wildman–Crippen MR) is 340 cm³/mol. The number of ether oxygens (including phenoxy) is 3. The Morgan fingerprint density at radius 1 is 0.205 bits per heavy atom. The van der Waals surface area contributed by atoms with E-state index in [-0.39, 0.29) is 20.1 Å². The van der Waals surface area contributed by atoms with Gasteiger partial charge in [0.25, 0.3) is 20.1 Å². The molecule has 0 saturated heterocycles. The van der Waals surface area contributed by atoms with Crippen molar-refractivity contribution >= 4 is 155 Å². The second-order valence-electron chi connectivity index (χ2n) is 22.6. The van der Waals surface area contributed by atoms with Crippen molar-refractivity contribution < 1.29 is 14.2 Å². The number of hydrogen-bond donors (Lipinski definition) is 0. The van der Waals surface area contributed by atoms with Gasteiger partial charge in [-0.05, 0) is 152 Å². The van der Waals surface area contributed by atoms with Crippen molar-refractivity contribution in [2.75, 3.05) is 24.5 Å². The average molecular weight is 1060 g/mol. The molecule has 0 aliphatic carbocycles. The SMILES string of the molecule is c1ccc(N2c3cc4c(cc3B3c5ccccc5Oc5cccc2c53)B2c3ccccc3N(c3ccccc3)c3cc5c6c(c32)N4c2ccccc2B6c2cc3c(cc2O5)N(c2ccccc2)c2cccc4c2N3c2ccccc2O4)cc1. The van der Waals surface area contributed by atoms with Gasteiger partial charge in [-0.2, -0.15) is 0 Å². The number of para-hydroxylation sites is 9. The first-order chi connectivity index (χ1) is 41.2. The van der Waals surface area contributed by atoms with Gasteiger partial charge in [0.15, 0.2) is 11.5 Å². The maximum Gasteiger partial charge on any atom is 0.256 e. The highest BCUT2D eigenvalue weighted by Crippen LogP contribution is 2.62. The van der Waals surface area contributed by atoms with Gasteiger partial charge >= 0.3 is 0 Å². The van der Waals surface area contributed by atoms with Crippen LogP contribution in [0.3, 0.4) is 0 Å². The lowest BCUT2D eigenvalue weighted by molar-refractivity contribution is 0.476. The second kappa shape index (κ2) is 16.0. The Morgan fingerprint density at radius 2 is 0.663 bits per heavy atom. The first-order valence-electron chi connectivity index (χ1n) is 28.6. The van der Waals surface area contributed by atoms with E-state index in [1.54, 1.807) is 0 Å². The zero-order chi connectivity index (χ0) is 53.8. The normalized spacial score (nSPS) is 14.6. The van der Waals surface area contributed by atoms with Crippen molar-refractivity contribution in [1.29, 1.82) is 0 Å². The van der Waals surface area contributed by atoms with E-state index in [9.17, 15) is 0 Å². The molecule has 0 radical (unpaired) electrons. The summed E-state index contributed by atoms with van der Waals surface area (Å²) in [5, 5.41) is 0. The molecule has 11 heteroatoms. The third-order valence-corrected chi connectivity index (χ3v) is 18.6. The first kappa shape index (κ1) is 44.0. The summed E-state index contributed by atoms with van der Waals surface area (Å²) in [6.07, 6.45) is 0. The molecule has 0 atom stereocenters. The van der Waals surface area contributed by atoms with Crippen LogP contribution < -0.4 is 87.9 Å². The minimum atomic E-state index is -0.197. The van der Waals surface area contributed by atoms with Crippen LogP contribution in [0.1, 0.15) is 0 Å². The average Bonchev–Trinajstić information content (AvgIpc) is 0.997. The Morgan fingerprint density at radius 3 is 1.37 bits per heavy atom. The molecule has 8 nitrogen and oxygen atoms in total. The fourth-order valence-corrected chi connectivity index (χ4v) is 15.4. The molecular weight excluding hydrogens is 1020 g/mol. The fraction of sp³-hybridized carbons (Fsp3) is 0. The standard InChI is InChI=1S/C72H42B3N5O3/c1-4-20-43(21-5-1)76-52-29-13-10-26-46(52)73-50-38-49-57(77(44-22-6-2-7-23-44)55-32-18-36-64-68(55)75(49)48-28-12-16-34-62(48)81-64)40-58(50)79-53-30-14-11-27-47(53)74-51-39-59-60(41-66(51)83-67-42-61(76)69(73)72(79)70(67)74)78(45-24-8-3-9-25-45)56-33-19-37-65-71(56)80(59)54-31-15-17-35-63(54)82-65/h1-42H. The number of rotatable bonds is 3. The third kappa shape index (κ3) is 5.68. The van der Waals surface area contributed by atoms with Crippen molar-refractivity contribution in [2.45, 2.75) is 0 Å². The Balaban J connectivity index is 0.889. The van der Waals surface area contributed by atoms with Gasteiger partial charge in [0.1, 0.15) is 28.7 Å². The Labute approximate surface area is 480 Å². The summed E-state index contributed by atoms with van der Waals surface area (Å²) < 4.78 is 21.4. The lowest BCUT2D eigenvalue weighted by atomic mass is 9.28. The van der Waals surface area contributed by atoms with Gasteiger partial charge in [0.05, 0.1) is 22.7 Å². The van der Waals surface area contributed by atoms with Gasteiger partial charge in [0.2, 0.25) is 0 Å². The summed E-state index contributed by atoms with van der Waals surface area (Å²) in [4.78, 5) is 12.4. The second-order valence-corrected chi connectivity index (χ2v) is 22.6. The minimum absolute atomic E-state index is 0.0800. The quantitative estimate of drug-likeness (QED) is 0.162. The predicted octanol–water partition coefficient (Wildman–Crippen LogP) is 12.5. The number of nitrogens with zero attached hydrogens (tertiary/aromatic N) is 5. The highest BCUT2D eigenvalue weighted by atomic mass is 16.5. The lowest BCUT2D eigenvalue weighted by Crippen LogP contribution is -2.69. The summed E-state index contributed by atoms with van der Waals surface area (Å²) >= 11 is 0. The zero-order valence-electron chi connectivity index (χ0n) is 44.4. The molecule has 0 N–H and O–H groups in total. The van der Waals surface area contributed by atoms with Crippen molar-refractivity contribution in [3.05, 3.63) is 255 Å². The van der Waals surface area contributed by atoms with Crippen LogP contribution in [-0.4, -0.2) is 20.1 Å². The first-order valence-corrected chi connectivity index (χ1v) is 28.6. The zero-order valence-corrected chi connectivity index (χ0v) is 44.4. The van der Waals surface area contributed by atoms with E-state index in [2.05, 4.69) is 279 Å². The van der Waals surface area contributed by atoms with Gasteiger partial charge in [0, 0.05) is 69.0 Å². The Kier molecular flexibility index (Phi) is 8.48. The van der Waals surface area contributed by atoms with Crippen molar-refractivity contribution in [2.24, 2.45) is 0 Å². The number of benzene rings is 12. The van der Waals surface area contributed by atoms with Gasteiger partial charge < -0.3 is 33.8 Å². The van der Waals surface area contributed by atoms with Crippen LogP contribution in [0.25, 0.3) is 0 Å². The summed E-state index contributed by atoms with van der Waals surface area (Å²) in [7, 11) is 0. The van der Waals surface area contributed by atoms with Crippen LogP contribution in [0, 0.1) is 0 Å². The minimum Gasteiger partial charge on any atom is -0.458 e. The highest BCUT2D eigenvalue weighted by Gasteiger charge is 2.53. The molecule has 0 unspecified atom stereocenters. The van der Waals surface area contributed by atoms with Gasteiger partial charge in [-0.15, -0.1) is 0 Å². The van der Waals surface area contributed by atoms with Crippen LogP contribution in [0.4, 0.5) is 85.3 Å². The largest absolute Gasteiger partial charge is 0.458 e. The number of anilines is 15. The fourth-order valence-electron chi connectivity index (χ4n) is 15.4. The van der Waals surface area contributed by atoms with Crippen LogP contribution in [0.2, 0.25) is 0 Å². The van der Waals surface area contributed by atoms with E-state index < -0.39 is 0 Å². The van der Waals surface area contributed by atoms with Gasteiger partial charge in [-0.1, -0.05) is 140 Å². The molecule has 8 aliphatic rings. The molecule has 0 amide bonds. The Hall–Kier alpha value is -10.8. The van der Waals surface area contributed by atoms with Crippen LogP contribution in [0.5, 0.6) is 34.5 Å². The van der Waals surface area contributed by atoms with Crippen molar-refractivity contribution in [1.82, 2.24) is 0 Å². The molecule has 0 spiro atoms. The number of hydrogen-bond acceptors (Lipinski definition) is 8. The Bertz CT molecular complexity index is 4870. The third-order valence-electron chi connectivity index (χ3n) is 18.6. The van der Waals surface area contributed by atoms with E-state index in [4.69, 9.17) is 14.2 Å². The molecule has 0 aromatic heterocycles. The molecule has 8 aliphatic heterocycles. The summed E-state index contributed by atoms with van der Waals surface area (Å²) in [6, 6.07) is 92.9. The molecule has 83 heavy (non-hydrogen) atoms.